The summed E-state index contributed by atoms with van der Waals surface area (Å²) in [5, 5.41) is 12.8. The van der Waals surface area contributed by atoms with E-state index in [9.17, 15) is 0 Å². The van der Waals surface area contributed by atoms with E-state index in [1.807, 2.05) is 18.2 Å². The summed E-state index contributed by atoms with van der Waals surface area (Å²) < 4.78 is 5.32. The SMILES string of the molecule is COc1ccc(C(C)(C)C)cc1C(CCO)N=[N+]=[N-]. The van der Waals surface area contributed by atoms with Crippen LogP contribution in [0.1, 0.15) is 44.4 Å². The van der Waals surface area contributed by atoms with Gasteiger partial charge < -0.3 is 9.84 Å². The maximum absolute atomic E-state index is 9.09. The van der Waals surface area contributed by atoms with Gasteiger partial charge in [0.1, 0.15) is 5.75 Å². The summed E-state index contributed by atoms with van der Waals surface area (Å²) in [5.41, 5.74) is 10.6. The van der Waals surface area contributed by atoms with Gasteiger partial charge in [0.05, 0.1) is 13.2 Å². The minimum atomic E-state index is -0.410. The number of azide groups is 1. The van der Waals surface area contributed by atoms with Crippen LogP contribution in [0.3, 0.4) is 0 Å². The molecule has 0 aliphatic heterocycles. The number of benzene rings is 1. The molecule has 1 aromatic carbocycles. The Morgan fingerprint density at radius 3 is 2.58 bits per heavy atom. The van der Waals surface area contributed by atoms with E-state index in [0.717, 1.165) is 11.1 Å². The third-order valence-corrected chi connectivity index (χ3v) is 3.05. The highest BCUT2D eigenvalue weighted by molar-refractivity contribution is 5.41. The fraction of sp³-hybridized carbons (Fsp3) is 0.571. The first-order chi connectivity index (χ1) is 8.93. The Balaban J connectivity index is 3.31. The molecule has 0 spiro atoms. The number of aliphatic hydroxyl groups excluding tert-OH is 1. The highest BCUT2D eigenvalue weighted by Gasteiger charge is 2.20. The molecule has 0 heterocycles. The van der Waals surface area contributed by atoms with Crippen molar-refractivity contribution in [3.8, 4) is 5.75 Å². The molecule has 5 heteroatoms. The number of rotatable bonds is 5. The molecule has 1 atom stereocenters. The molecule has 0 amide bonds. The van der Waals surface area contributed by atoms with Crippen LogP contribution in [-0.2, 0) is 5.41 Å². The van der Waals surface area contributed by atoms with Gasteiger partial charge in [0.15, 0.2) is 0 Å². The summed E-state index contributed by atoms with van der Waals surface area (Å²) >= 11 is 0. The molecule has 1 unspecified atom stereocenters. The molecule has 19 heavy (non-hydrogen) atoms. The molecule has 0 aliphatic rings. The van der Waals surface area contributed by atoms with E-state index in [0.29, 0.717) is 12.2 Å². The fourth-order valence-corrected chi connectivity index (χ4v) is 1.92. The molecule has 0 bridgehead atoms. The predicted molar refractivity (Wildman–Crippen MR) is 75.3 cm³/mol. The van der Waals surface area contributed by atoms with Crippen molar-refractivity contribution >= 4 is 0 Å². The molecule has 104 valence electrons. The largest absolute Gasteiger partial charge is 0.496 e. The lowest BCUT2D eigenvalue weighted by atomic mass is 9.85. The van der Waals surface area contributed by atoms with E-state index in [2.05, 4.69) is 30.8 Å². The quantitative estimate of drug-likeness (QED) is 0.499. The second kappa shape index (κ2) is 6.45. The number of methoxy groups -OCH3 is 1. The van der Waals surface area contributed by atoms with Gasteiger partial charge in [-0.2, -0.15) is 0 Å². The van der Waals surface area contributed by atoms with Crippen molar-refractivity contribution in [2.45, 2.75) is 38.6 Å². The van der Waals surface area contributed by atoms with Gasteiger partial charge in [0.25, 0.3) is 0 Å². The minimum absolute atomic E-state index is 0.00113. The monoisotopic (exact) mass is 263 g/mol. The van der Waals surface area contributed by atoms with Gasteiger partial charge in [-0.15, -0.1) is 0 Å². The van der Waals surface area contributed by atoms with Crippen molar-refractivity contribution in [3.63, 3.8) is 0 Å². The van der Waals surface area contributed by atoms with Crippen LogP contribution in [0.25, 0.3) is 10.4 Å². The highest BCUT2D eigenvalue weighted by atomic mass is 16.5. The smallest absolute Gasteiger partial charge is 0.122 e. The zero-order valence-corrected chi connectivity index (χ0v) is 11.9. The molecule has 1 aromatic rings. The number of nitrogens with zero attached hydrogens (tertiary/aromatic N) is 3. The molecule has 1 N–H and O–H groups in total. The average molecular weight is 263 g/mol. The number of hydrogen-bond donors (Lipinski definition) is 1. The van der Waals surface area contributed by atoms with Crippen molar-refractivity contribution in [3.05, 3.63) is 39.8 Å². The lowest BCUT2D eigenvalue weighted by molar-refractivity contribution is 0.275. The zero-order chi connectivity index (χ0) is 14.5. The van der Waals surface area contributed by atoms with E-state index >= 15 is 0 Å². The van der Waals surface area contributed by atoms with Gasteiger partial charge >= 0.3 is 0 Å². The summed E-state index contributed by atoms with van der Waals surface area (Å²) in [6.45, 7) is 6.32. The second-order valence-corrected chi connectivity index (χ2v) is 5.44. The first-order valence-electron chi connectivity index (χ1n) is 6.27. The Morgan fingerprint density at radius 1 is 1.42 bits per heavy atom. The maximum Gasteiger partial charge on any atom is 0.122 e. The van der Waals surface area contributed by atoms with Crippen molar-refractivity contribution in [1.82, 2.24) is 0 Å². The van der Waals surface area contributed by atoms with Crippen molar-refractivity contribution in [1.29, 1.82) is 0 Å². The van der Waals surface area contributed by atoms with Gasteiger partial charge in [0.2, 0.25) is 0 Å². The third kappa shape index (κ3) is 3.88. The van der Waals surface area contributed by atoms with Crippen LogP contribution in [0, 0.1) is 0 Å². The van der Waals surface area contributed by atoms with Crippen LogP contribution in [0.4, 0.5) is 0 Å². The standard InChI is InChI=1S/C14H21N3O2/c1-14(2,3)10-5-6-13(19-4)11(9-10)12(7-8-18)16-17-15/h5-6,9,12,18H,7-8H2,1-4H3. The average Bonchev–Trinajstić information content (AvgIpc) is 2.36. The van der Waals surface area contributed by atoms with Gasteiger partial charge in [0, 0.05) is 17.1 Å². The Morgan fingerprint density at radius 2 is 2.11 bits per heavy atom. The Labute approximate surface area is 113 Å². The van der Waals surface area contributed by atoms with Gasteiger partial charge in [-0.3, -0.25) is 0 Å². The molecule has 0 aliphatic carbocycles. The number of hydrogen-bond acceptors (Lipinski definition) is 3. The van der Waals surface area contributed by atoms with E-state index in [1.165, 1.54) is 0 Å². The van der Waals surface area contributed by atoms with Gasteiger partial charge in [-0.1, -0.05) is 38.0 Å². The molecule has 0 aromatic heterocycles. The lowest BCUT2D eigenvalue weighted by Gasteiger charge is -2.22. The normalized spacial score (nSPS) is 12.7. The van der Waals surface area contributed by atoms with Crippen LogP contribution >= 0.6 is 0 Å². The highest BCUT2D eigenvalue weighted by Crippen LogP contribution is 2.34. The van der Waals surface area contributed by atoms with Crippen LogP contribution in [0.5, 0.6) is 5.75 Å². The second-order valence-electron chi connectivity index (χ2n) is 5.44. The fourth-order valence-electron chi connectivity index (χ4n) is 1.92. The number of ether oxygens (including phenoxy) is 1. The Hall–Kier alpha value is -1.71. The molecule has 1 rings (SSSR count). The molecule has 0 saturated carbocycles. The van der Waals surface area contributed by atoms with Crippen LogP contribution in [0.2, 0.25) is 0 Å². The van der Waals surface area contributed by atoms with E-state index in [4.69, 9.17) is 15.4 Å². The van der Waals surface area contributed by atoms with Crippen molar-refractivity contribution in [2.24, 2.45) is 5.11 Å². The van der Waals surface area contributed by atoms with E-state index < -0.39 is 6.04 Å². The first-order valence-corrected chi connectivity index (χ1v) is 6.27. The number of aliphatic hydroxyl groups is 1. The minimum Gasteiger partial charge on any atom is -0.496 e. The molecular formula is C14H21N3O2. The lowest BCUT2D eigenvalue weighted by Crippen LogP contribution is -2.12. The van der Waals surface area contributed by atoms with Crippen LogP contribution in [0.15, 0.2) is 23.3 Å². The topological polar surface area (TPSA) is 78.2 Å². The predicted octanol–water partition coefficient (Wildman–Crippen LogP) is 3.73. The summed E-state index contributed by atoms with van der Waals surface area (Å²) in [7, 11) is 1.59. The summed E-state index contributed by atoms with van der Waals surface area (Å²) in [6.07, 6.45) is 0.383. The Bertz CT molecular complexity index is 474. The van der Waals surface area contributed by atoms with E-state index in [1.54, 1.807) is 7.11 Å². The zero-order valence-electron chi connectivity index (χ0n) is 11.9. The summed E-state index contributed by atoms with van der Waals surface area (Å²) in [6, 6.07) is 5.47. The van der Waals surface area contributed by atoms with Gasteiger partial charge in [-0.25, -0.2) is 0 Å². The Kier molecular flexibility index (Phi) is 5.21. The summed E-state index contributed by atoms with van der Waals surface area (Å²) in [4.78, 5) is 2.86. The molecule has 0 saturated heterocycles. The molecular weight excluding hydrogens is 242 g/mol. The van der Waals surface area contributed by atoms with E-state index in [-0.39, 0.29) is 12.0 Å². The van der Waals surface area contributed by atoms with Crippen molar-refractivity contribution < 1.29 is 9.84 Å². The summed E-state index contributed by atoms with van der Waals surface area (Å²) in [5.74, 6) is 0.679. The molecule has 5 nitrogen and oxygen atoms in total. The molecule has 0 fully saturated rings. The first kappa shape index (κ1) is 15.3. The van der Waals surface area contributed by atoms with Gasteiger partial charge in [-0.05, 0) is 29.0 Å². The van der Waals surface area contributed by atoms with Crippen molar-refractivity contribution in [2.75, 3.05) is 13.7 Å². The molecule has 0 radical (unpaired) electrons. The van der Waals surface area contributed by atoms with Crippen LogP contribution < -0.4 is 4.74 Å². The maximum atomic E-state index is 9.09. The van der Waals surface area contributed by atoms with Crippen LogP contribution in [-0.4, -0.2) is 18.8 Å². The third-order valence-electron chi connectivity index (χ3n) is 3.05.